The van der Waals surface area contributed by atoms with Crippen molar-refractivity contribution in [3.05, 3.63) is 35.9 Å². The Morgan fingerprint density at radius 1 is 1.26 bits per heavy atom. The molecule has 0 spiro atoms. The van der Waals surface area contributed by atoms with Crippen LogP contribution in [0.25, 0.3) is 0 Å². The molecule has 2 atom stereocenters. The molecule has 1 aliphatic carbocycles. The lowest BCUT2D eigenvalue weighted by Crippen LogP contribution is -2.65. The predicted molar refractivity (Wildman–Crippen MR) is 80.4 cm³/mol. The van der Waals surface area contributed by atoms with E-state index in [1.165, 1.54) is 31.4 Å². The van der Waals surface area contributed by atoms with E-state index in [-0.39, 0.29) is 0 Å². The highest BCUT2D eigenvalue weighted by molar-refractivity contribution is 5.16. The van der Waals surface area contributed by atoms with Crippen LogP contribution in [0.5, 0.6) is 0 Å². The molecular weight excluding hydrogens is 232 g/mol. The van der Waals surface area contributed by atoms with Crippen LogP contribution in [0.3, 0.4) is 0 Å². The Bertz CT molecular complexity index is 411. The van der Waals surface area contributed by atoms with E-state index in [9.17, 15) is 0 Å². The van der Waals surface area contributed by atoms with Crippen LogP contribution in [0.15, 0.2) is 30.3 Å². The normalized spacial score (nSPS) is 30.8. The second-order valence-electron chi connectivity index (χ2n) is 6.65. The van der Waals surface area contributed by atoms with E-state index >= 15 is 0 Å². The average Bonchev–Trinajstić information content (AvgIpc) is 2.39. The van der Waals surface area contributed by atoms with Crippen LogP contribution in [0.2, 0.25) is 0 Å². The maximum absolute atomic E-state index is 3.73. The van der Waals surface area contributed by atoms with Gasteiger partial charge in [0.2, 0.25) is 0 Å². The fourth-order valence-electron chi connectivity index (χ4n) is 3.69. The Morgan fingerprint density at radius 3 is 2.63 bits per heavy atom. The molecule has 104 valence electrons. The first kappa shape index (κ1) is 13.1. The van der Waals surface area contributed by atoms with Crippen molar-refractivity contribution < 1.29 is 0 Å². The molecule has 1 aliphatic heterocycles. The predicted octanol–water partition coefficient (Wildman–Crippen LogP) is 2.83. The summed E-state index contributed by atoms with van der Waals surface area (Å²) >= 11 is 0. The van der Waals surface area contributed by atoms with Crippen LogP contribution in [0.1, 0.15) is 38.7 Å². The molecular formula is C17H26N2. The maximum Gasteiger partial charge on any atom is 0.0236 e. The van der Waals surface area contributed by atoms with Crippen LogP contribution in [-0.4, -0.2) is 35.6 Å². The van der Waals surface area contributed by atoms with E-state index in [4.69, 9.17) is 0 Å². The van der Waals surface area contributed by atoms with Gasteiger partial charge in [-0.3, -0.25) is 4.90 Å². The largest absolute Gasteiger partial charge is 0.311 e. The van der Waals surface area contributed by atoms with Crippen molar-refractivity contribution in [3.63, 3.8) is 0 Å². The molecule has 1 N–H and O–H groups in total. The molecule has 3 rings (SSSR count). The highest BCUT2D eigenvalue weighted by atomic mass is 15.3. The lowest BCUT2D eigenvalue weighted by atomic mass is 9.75. The quantitative estimate of drug-likeness (QED) is 0.897. The first-order valence-electron chi connectivity index (χ1n) is 7.71. The van der Waals surface area contributed by atoms with E-state index < -0.39 is 0 Å². The van der Waals surface area contributed by atoms with Gasteiger partial charge in [0, 0.05) is 30.7 Å². The highest BCUT2D eigenvalue weighted by Gasteiger charge is 2.42. The van der Waals surface area contributed by atoms with Crippen LogP contribution in [0.4, 0.5) is 0 Å². The van der Waals surface area contributed by atoms with Crippen LogP contribution in [-0.2, 0) is 6.42 Å². The topological polar surface area (TPSA) is 15.3 Å². The number of rotatable bonds is 3. The number of hydrogen-bond donors (Lipinski definition) is 1. The van der Waals surface area contributed by atoms with E-state index in [1.54, 1.807) is 0 Å². The van der Waals surface area contributed by atoms with Crippen LogP contribution >= 0.6 is 0 Å². The van der Waals surface area contributed by atoms with Gasteiger partial charge in [-0.25, -0.2) is 0 Å². The molecule has 1 saturated heterocycles. The zero-order valence-electron chi connectivity index (χ0n) is 12.2. The van der Waals surface area contributed by atoms with Crippen molar-refractivity contribution in [1.29, 1.82) is 0 Å². The molecule has 2 fully saturated rings. The van der Waals surface area contributed by atoms with Gasteiger partial charge >= 0.3 is 0 Å². The van der Waals surface area contributed by atoms with Crippen molar-refractivity contribution in [3.8, 4) is 0 Å². The molecule has 2 unspecified atom stereocenters. The van der Waals surface area contributed by atoms with Crippen LogP contribution in [0, 0.1) is 0 Å². The molecule has 0 bridgehead atoms. The Labute approximate surface area is 117 Å². The Hall–Kier alpha value is -0.860. The summed E-state index contributed by atoms with van der Waals surface area (Å²) in [5.41, 5.74) is 1.93. The summed E-state index contributed by atoms with van der Waals surface area (Å²) in [5, 5.41) is 3.73. The highest BCUT2D eigenvalue weighted by Crippen LogP contribution is 2.39. The van der Waals surface area contributed by atoms with Crippen molar-refractivity contribution in [2.75, 3.05) is 13.1 Å². The van der Waals surface area contributed by atoms with Crippen LogP contribution < -0.4 is 5.32 Å². The minimum absolute atomic E-state index is 0.483. The summed E-state index contributed by atoms with van der Waals surface area (Å²) in [5.74, 6) is 0. The number of benzene rings is 1. The van der Waals surface area contributed by atoms with Gasteiger partial charge in [0.15, 0.2) is 0 Å². The van der Waals surface area contributed by atoms with Gasteiger partial charge in [-0.1, -0.05) is 30.3 Å². The number of nitrogens with one attached hydrogen (secondary N) is 1. The zero-order valence-corrected chi connectivity index (χ0v) is 12.2. The summed E-state index contributed by atoms with van der Waals surface area (Å²) in [6.45, 7) is 7.16. The van der Waals surface area contributed by atoms with Gasteiger partial charge in [-0.2, -0.15) is 0 Å². The standard InChI is InChI=1S/C17H26N2/c1-14-12-18-16(11-15-7-4-3-5-8-15)13-19(14)17(2)9-6-10-17/h3-5,7-8,14,16,18H,6,9-13H2,1-2H3. The van der Waals surface area contributed by atoms with E-state index in [0.717, 1.165) is 13.0 Å². The third kappa shape index (κ3) is 2.70. The fourth-order valence-corrected chi connectivity index (χ4v) is 3.69. The summed E-state index contributed by atoms with van der Waals surface area (Å²) in [6, 6.07) is 12.2. The van der Waals surface area contributed by atoms with E-state index in [1.807, 2.05) is 0 Å². The van der Waals surface area contributed by atoms with Gasteiger partial charge in [0.1, 0.15) is 0 Å². The lowest BCUT2D eigenvalue weighted by molar-refractivity contribution is -0.0223. The molecule has 2 aliphatic rings. The molecule has 1 saturated carbocycles. The second-order valence-corrected chi connectivity index (χ2v) is 6.65. The van der Waals surface area contributed by atoms with E-state index in [2.05, 4.69) is 54.4 Å². The molecule has 1 aromatic rings. The SMILES string of the molecule is CC1CNC(Cc2ccccc2)CN1C1(C)CCC1. The summed E-state index contributed by atoms with van der Waals surface area (Å²) in [6.07, 6.45) is 5.33. The molecule has 1 heterocycles. The number of nitrogens with zero attached hydrogens (tertiary/aromatic N) is 1. The Morgan fingerprint density at radius 2 is 2.00 bits per heavy atom. The average molecular weight is 258 g/mol. The summed E-state index contributed by atoms with van der Waals surface area (Å²) in [4.78, 5) is 2.76. The summed E-state index contributed by atoms with van der Waals surface area (Å²) < 4.78 is 0. The minimum atomic E-state index is 0.483. The van der Waals surface area contributed by atoms with E-state index in [0.29, 0.717) is 17.6 Å². The van der Waals surface area contributed by atoms with Crippen molar-refractivity contribution in [2.24, 2.45) is 0 Å². The van der Waals surface area contributed by atoms with Gasteiger partial charge in [-0.15, -0.1) is 0 Å². The molecule has 0 amide bonds. The lowest BCUT2D eigenvalue weighted by Gasteiger charge is -2.54. The van der Waals surface area contributed by atoms with Crippen molar-refractivity contribution in [1.82, 2.24) is 10.2 Å². The van der Waals surface area contributed by atoms with Crippen molar-refractivity contribution >= 4 is 0 Å². The zero-order chi connectivity index (χ0) is 13.3. The van der Waals surface area contributed by atoms with Gasteiger partial charge in [0.05, 0.1) is 0 Å². The smallest absolute Gasteiger partial charge is 0.0236 e. The number of piperazine rings is 1. The Kier molecular flexibility index (Phi) is 3.64. The number of hydrogen-bond acceptors (Lipinski definition) is 2. The molecule has 2 nitrogen and oxygen atoms in total. The third-order valence-corrected chi connectivity index (χ3v) is 5.10. The fraction of sp³-hybridized carbons (Fsp3) is 0.647. The second kappa shape index (κ2) is 5.26. The summed E-state index contributed by atoms with van der Waals surface area (Å²) in [7, 11) is 0. The van der Waals surface area contributed by atoms with Gasteiger partial charge < -0.3 is 5.32 Å². The molecule has 2 heteroatoms. The molecule has 1 aromatic carbocycles. The van der Waals surface area contributed by atoms with Gasteiger partial charge in [-0.05, 0) is 45.1 Å². The minimum Gasteiger partial charge on any atom is -0.311 e. The van der Waals surface area contributed by atoms with Gasteiger partial charge in [0.25, 0.3) is 0 Å². The maximum atomic E-state index is 3.73. The Balaban J connectivity index is 1.65. The van der Waals surface area contributed by atoms with Crippen molar-refractivity contribution in [2.45, 2.75) is 57.2 Å². The first-order valence-corrected chi connectivity index (χ1v) is 7.71. The molecule has 0 radical (unpaired) electrons. The monoisotopic (exact) mass is 258 g/mol. The molecule has 19 heavy (non-hydrogen) atoms. The first-order chi connectivity index (χ1) is 9.17. The molecule has 0 aromatic heterocycles. The third-order valence-electron chi connectivity index (χ3n) is 5.10.